The van der Waals surface area contributed by atoms with Gasteiger partial charge in [-0.25, -0.2) is 4.79 Å². The summed E-state index contributed by atoms with van der Waals surface area (Å²) in [6.45, 7) is 0.995. The van der Waals surface area contributed by atoms with Gasteiger partial charge in [0.1, 0.15) is 5.66 Å². The number of carbonyl (C=O) groups is 3. The van der Waals surface area contributed by atoms with Crippen LogP contribution in [-0.2, 0) is 32.6 Å². The molecule has 1 rings (SSSR count). The summed E-state index contributed by atoms with van der Waals surface area (Å²) in [6, 6.07) is 0. The number of carboxylic acids is 1. The summed E-state index contributed by atoms with van der Waals surface area (Å²) in [5.41, 5.74) is -1.89. The van der Waals surface area contributed by atoms with E-state index in [0.717, 1.165) is 0 Å². The van der Waals surface area contributed by atoms with E-state index in [-0.39, 0.29) is 26.0 Å². The molecule has 0 aromatic carbocycles. The summed E-state index contributed by atoms with van der Waals surface area (Å²) in [7, 11) is -9.88. The maximum Gasteiger partial charge on any atom is 0.366 e. The standard InChI is InChI=1S/C12H22N2O10P2/c1-3-23-25(19,20)9-5-6-14(10(16)7-13-8-15)12(9,11(17)18)26(21,22)24-4-2/h8-9H,3-7H2,1-2H3,(H,13,15)(H,17,18)(H,19,20)(H,21,22)/t9?,12-/m1/s1. The third kappa shape index (κ3) is 3.85. The second kappa shape index (κ2) is 8.60. The maximum absolute atomic E-state index is 12.8. The minimum atomic E-state index is -5.17. The number of hydrogen-bond donors (Lipinski definition) is 4. The molecule has 1 aliphatic rings. The van der Waals surface area contributed by atoms with Crippen molar-refractivity contribution in [2.24, 2.45) is 0 Å². The number of rotatable bonds is 10. The van der Waals surface area contributed by atoms with Gasteiger partial charge < -0.3 is 34.2 Å². The van der Waals surface area contributed by atoms with Gasteiger partial charge in [-0.2, -0.15) is 0 Å². The molecule has 3 unspecified atom stereocenters. The minimum absolute atomic E-state index is 0.187. The Hall–Kier alpha value is -1.29. The molecule has 1 aliphatic heterocycles. The van der Waals surface area contributed by atoms with Gasteiger partial charge in [0, 0.05) is 6.54 Å². The van der Waals surface area contributed by atoms with Gasteiger partial charge >= 0.3 is 21.2 Å². The molecular weight excluding hydrogens is 394 g/mol. The van der Waals surface area contributed by atoms with Crippen molar-refractivity contribution in [3.05, 3.63) is 0 Å². The first kappa shape index (κ1) is 22.8. The van der Waals surface area contributed by atoms with Crippen LogP contribution in [0, 0.1) is 0 Å². The van der Waals surface area contributed by atoms with Crippen molar-refractivity contribution in [2.75, 3.05) is 26.3 Å². The molecule has 1 heterocycles. The van der Waals surface area contributed by atoms with Gasteiger partial charge in [0.2, 0.25) is 12.3 Å². The highest BCUT2D eigenvalue weighted by Crippen LogP contribution is 2.70. The molecule has 0 aliphatic carbocycles. The lowest BCUT2D eigenvalue weighted by molar-refractivity contribution is -0.151. The summed E-state index contributed by atoms with van der Waals surface area (Å²) in [6.07, 6.45) is -0.198. The van der Waals surface area contributed by atoms with Crippen LogP contribution in [0.15, 0.2) is 0 Å². The fraction of sp³-hybridized carbons (Fsp3) is 0.750. The van der Waals surface area contributed by atoms with E-state index in [1.807, 2.05) is 5.32 Å². The van der Waals surface area contributed by atoms with Crippen LogP contribution in [-0.4, -0.2) is 75.3 Å². The maximum atomic E-state index is 12.8. The Morgan fingerprint density at radius 2 is 1.85 bits per heavy atom. The van der Waals surface area contributed by atoms with Gasteiger partial charge in [0.25, 0.3) is 5.28 Å². The SMILES string of the molecule is CCOP(=O)(O)C1CCN(C(=O)CNC=O)[C@@]1(C(=O)O)P(=O)(O)OCC. The molecule has 0 bridgehead atoms. The quantitative estimate of drug-likeness (QED) is 0.269. The van der Waals surface area contributed by atoms with Crippen LogP contribution in [0.25, 0.3) is 0 Å². The van der Waals surface area contributed by atoms with Gasteiger partial charge in [0.15, 0.2) is 0 Å². The normalized spacial score (nSPS) is 27.4. The van der Waals surface area contributed by atoms with Crippen LogP contribution in [0.1, 0.15) is 20.3 Å². The van der Waals surface area contributed by atoms with Crippen molar-refractivity contribution in [3.63, 3.8) is 0 Å². The Morgan fingerprint density at radius 3 is 2.31 bits per heavy atom. The Kier molecular flexibility index (Phi) is 7.52. The molecule has 4 atom stereocenters. The van der Waals surface area contributed by atoms with Gasteiger partial charge in [-0.3, -0.25) is 18.7 Å². The summed E-state index contributed by atoms with van der Waals surface area (Å²) in [5, 5.41) is 8.79. The number of amides is 2. The Balaban J connectivity index is 3.61. The van der Waals surface area contributed by atoms with E-state index < -0.39 is 51.1 Å². The Labute approximate surface area is 149 Å². The zero-order valence-corrected chi connectivity index (χ0v) is 16.0. The topological polar surface area (TPSA) is 180 Å². The highest BCUT2D eigenvalue weighted by atomic mass is 31.2. The predicted octanol–water partition coefficient (Wildman–Crippen LogP) is -0.442. The molecule has 14 heteroatoms. The molecule has 150 valence electrons. The smallest absolute Gasteiger partial charge is 0.366 e. The van der Waals surface area contributed by atoms with Gasteiger partial charge in [-0.15, -0.1) is 0 Å². The Morgan fingerprint density at radius 1 is 1.27 bits per heavy atom. The number of hydrogen-bond acceptors (Lipinski definition) is 7. The van der Waals surface area contributed by atoms with Crippen LogP contribution in [0.4, 0.5) is 0 Å². The highest BCUT2D eigenvalue weighted by molar-refractivity contribution is 7.60. The fourth-order valence-electron chi connectivity index (χ4n) is 3.00. The Bertz CT molecular complexity index is 656. The number of carbonyl (C=O) groups excluding carboxylic acids is 2. The molecule has 0 aromatic heterocycles. The summed E-state index contributed by atoms with van der Waals surface area (Å²) >= 11 is 0. The lowest BCUT2D eigenvalue weighted by Crippen LogP contribution is -2.59. The second-order valence-electron chi connectivity index (χ2n) is 5.30. The first-order valence-corrected chi connectivity index (χ1v) is 10.9. The van der Waals surface area contributed by atoms with Crippen LogP contribution in [0.3, 0.4) is 0 Å². The molecule has 0 aromatic rings. The fourth-order valence-corrected chi connectivity index (χ4v) is 7.38. The summed E-state index contributed by atoms with van der Waals surface area (Å²) < 4.78 is 34.8. The molecule has 2 amide bonds. The number of carboxylic acid groups (broad SMARTS) is 1. The van der Waals surface area contributed by atoms with Gasteiger partial charge in [0.05, 0.1) is 19.8 Å². The number of likely N-dealkylation sites (tertiary alicyclic amines) is 1. The second-order valence-corrected chi connectivity index (χ2v) is 9.29. The van der Waals surface area contributed by atoms with Crippen molar-refractivity contribution in [2.45, 2.75) is 31.2 Å². The number of aliphatic carboxylic acids is 1. The average Bonchev–Trinajstić information content (AvgIpc) is 2.95. The van der Waals surface area contributed by atoms with E-state index >= 15 is 0 Å². The van der Waals surface area contributed by atoms with Crippen molar-refractivity contribution in [3.8, 4) is 0 Å². The molecule has 4 N–H and O–H groups in total. The van der Waals surface area contributed by atoms with Gasteiger partial charge in [-0.1, -0.05) is 0 Å². The molecule has 0 radical (unpaired) electrons. The highest BCUT2D eigenvalue weighted by Gasteiger charge is 2.73. The van der Waals surface area contributed by atoms with E-state index in [0.29, 0.717) is 4.90 Å². The van der Waals surface area contributed by atoms with E-state index in [1.165, 1.54) is 13.8 Å². The predicted molar refractivity (Wildman–Crippen MR) is 87.5 cm³/mol. The van der Waals surface area contributed by atoms with E-state index in [1.54, 1.807) is 0 Å². The third-order valence-electron chi connectivity index (χ3n) is 3.90. The monoisotopic (exact) mass is 416 g/mol. The molecule has 26 heavy (non-hydrogen) atoms. The molecule has 1 saturated heterocycles. The van der Waals surface area contributed by atoms with Gasteiger partial charge in [-0.05, 0) is 20.3 Å². The van der Waals surface area contributed by atoms with Crippen LogP contribution in [0.2, 0.25) is 0 Å². The molecule has 1 fully saturated rings. The molecule has 0 spiro atoms. The third-order valence-corrected chi connectivity index (χ3v) is 8.36. The molecule has 12 nitrogen and oxygen atoms in total. The van der Waals surface area contributed by atoms with Crippen LogP contribution < -0.4 is 5.32 Å². The van der Waals surface area contributed by atoms with Crippen molar-refractivity contribution in [1.29, 1.82) is 0 Å². The van der Waals surface area contributed by atoms with Crippen molar-refractivity contribution in [1.82, 2.24) is 10.2 Å². The molecule has 0 saturated carbocycles. The first-order valence-electron chi connectivity index (χ1n) is 7.68. The number of nitrogens with zero attached hydrogens (tertiary/aromatic N) is 1. The van der Waals surface area contributed by atoms with Crippen LogP contribution in [0.5, 0.6) is 0 Å². The van der Waals surface area contributed by atoms with E-state index in [4.69, 9.17) is 9.05 Å². The summed E-state index contributed by atoms with van der Waals surface area (Å²) in [4.78, 5) is 55.9. The zero-order valence-electron chi connectivity index (χ0n) is 14.2. The lowest BCUT2D eigenvalue weighted by atomic mass is 10.2. The number of nitrogens with one attached hydrogen (secondary N) is 1. The van der Waals surface area contributed by atoms with E-state index in [9.17, 15) is 38.4 Å². The molecular formula is C12H22N2O10P2. The largest absolute Gasteiger partial charge is 0.479 e. The average molecular weight is 416 g/mol. The summed E-state index contributed by atoms with van der Waals surface area (Å²) in [5.74, 6) is -3.00. The van der Waals surface area contributed by atoms with Crippen molar-refractivity contribution < 1.29 is 47.5 Å². The lowest BCUT2D eigenvalue weighted by Gasteiger charge is -2.40. The van der Waals surface area contributed by atoms with Crippen LogP contribution >= 0.6 is 15.2 Å². The van der Waals surface area contributed by atoms with Crippen molar-refractivity contribution >= 4 is 33.5 Å². The minimum Gasteiger partial charge on any atom is -0.479 e. The zero-order chi connectivity index (χ0) is 20.2. The van der Waals surface area contributed by atoms with E-state index in [2.05, 4.69) is 0 Å². The first-order chi connectivity index (χ1) is 12.0.